The van der Waals surface area contributed by atoms with E-state index in [2.05, 4.69) is 4.37 Å². The van der Waals surface area contributed by atoms with Crippen molar-refractivity contribution in [2.75, 3.05) is 0 Å². The van der Waals surface area contributed by atoms with Crippen LogP contribution < -0.4 is 0 Å². The van der Waals surface area contributed by atoms with Crippen LogP contribution in [-0.4, -0.2) is 15.4 Å². The Morgan fingerprint density at radius 3 is 3.00 bits per heavy atom. The van der Waals surface area contributed by atoms with E-state index in [4.69, 9.17) is 5.11 Å². The predicted octanol–water partition coefficient (Wildman–Crippen LogP) is 2.30. The molecule has 0 spiro atoms. The first kappa shape index (κ1) is 8.19. The van der Waals surface area contributed by atoms with Gasteiger partial charge in [-0.05, 0) is 24.0 Å². The van der Waals surface area contributed by atoms with Gasteiger partial charge in [0.25, 0.3) is 0 Å². The summed E-state index contributed by atoms with van der Waals surface area (Å²) in [5, 5.41) is 9.54. The van der Waals surface area contributed by atoms with Gasteiger partial charge >= 0.3 is 5.97 Å². The first-order chi connectivity index (χ1) is 6.20. The van der Waals surface area contributed by atoms with Gasteiger partial charge in [-0.3, -0.25) is 0 Å². The van der Waals surface area contributed by atoms with Crippen molar-refractivity contribution in [2.45, 2.75) is 6.92 Å². The molecule has 2 rings (SSSR count). The topological polar surface area (TPSA) is 50.2 Å². The lowest BCUT2D eigenvalue weighted by Gasteiger charge is -1.92. The van der Waals surface area contributed by atoms with E-state index in [0.717, 1.165) is 15.6 Å². The normalized spacial score (nSPS) is 10.5. The molecule has 2 aromatic rings. The Kier molecular flexibility index (Phi) is 1.77. The summed E-state index contributed by atoms with van der Waals surface area (Å²) in [5.74, 6) is -0.961. The lowest BCUT2D eigenvalue weighted by atomic mass is 10.1. The highest BCUT2D eigenvalue weighted by Crippen LogP contribution is 2.25. The van der Waals surface area contributed by atoms with E-state index in [-0.39, 0.29) is 5.69 Å². The number of fused-ring (bicyclic) bond motifs is 1. The average molecular weight is 193 g/mol. The van der Waals surface area contributed by atoms with Gasteiger partial charge < -0.3 is 5.11 Å². The minimum Gasteiger partial charge on any atom is -0.476 e. The fourth-order valence-electron chi connectivity index (χ4n) is 1.25. The average Bonchev–Trinajstić information content (AvgIpc) is 2.48. The Hall–Kier alpha value is -1.42. The van der Waals surface area contributed by atoms with Gasteiger partial charge in [0.2, 0.25) is 0 Å². The van der Waals surface area contributed by atoms with Gasteiger partial charge in [0.15, 0.2) is 5.69 Å². The second kappa shape index (κ2) is 2.81. The Labute approximate surface area is 78.8 Å². The molecule has 0 radical (unpaired) electrons. The molecule has 1 aromatic heterocycles. The van der Waals surface area contributed by atoms with E-state index in [1.807, 2.05) is 19.1 Å². The third-order valence-electron chi connectivity index (χ3n) is 1.90. The molecule has 1 aromatic carbocycles. The SMILES string of the molecule is Cc1cccc2c(C(=O)O)nsc12. The van der Waals surface area contributed by atoms with Gasteiger partial charge in [-0.1, -0.05) is 18.2 Å². The molecule has 0 unspecified atom stereocenters. The molecule has 1 heterocycles. The van der Waals surface area contributed by atoms with Crippen LogP contribution in [0.1, 0.15) is 16.1 Å². The summed E-state index contributed by atoms with van der Waals surface area (Å²) in [6, 6.07) is 5.58. The van der Waals surface area contributed by atoms with Gasteiger partial charge in [0.1, 0.15) is 0 Å². The van der Waals surface area contributed by atoms with Crippen LogP contribution >= 0.6 is 11.5 Å². The van der Waals surface area contributed by atoms with E-state index >= 15 is 0 Å². The summed E-state index contributed by atoms with van der Waals surface area (Å²) < 4.78 is 4.86. The lowest BCUT2D eigenvalue weighted by Crippen LogP contribution is -1.95. The Balaban J connectivity index is 2.83. The van der Waals surface area contributed by atoms with Crippen molar-refractivity contribution in [1.82, 2.24) is 4.37 Å². The summed E-state index contributed by atoms with van der Waals surface area (Å²) >= 11 is 1.24. The number of carboxylic acids is 1. The van der Waals surface area contributed by atoms with Gasteiger partial charge in [0, 0.05) is 5.39 Å². The molecular weight excluding hydrogens is 186 g/mol. The number of aryl methyl sites for hydroxylation is 1. The number of aromatic carboxylic acids is 1. The van der Waals surface area contributed by atoms with Gasteiger partial charge in [-0.2, -0.15) is 4.37 Å². The first-order valence-electron chi connectivity index (χ1n) is 3.78. The van der Waals surface area contributed by atoms with Crippen molar-refractivity contribution in [2.24, 2.45) is 0 Å². The Morgan fingerprint density at radius 1 is 1.54 bits per heavy atom. The van der Waals surface area contributed by atoms with Gasteiger partial charge in [-0.25, -0.2) is 4.79 Å². The van der Waals surface area contributed by atoms with Crippen LogP contribution in [0.2, 0.25) is 0 Å². The first-order valence-corrected chi connectivity index (χ1v) is 4.56. The number of hydrogen-bond acceptors (Lipinski definition) is 3. The summed E-state index contributed by atoms with van der Waals surface area (Å²) in [7, 11) is 0. The Bertz CT molecular complexity index is 475. The Morgan fingerprint density at radius 2 is 2.31 bits per heavy atom. The molecule has 0 aliphatic carbocycles. The van der Waals surface area contributed by atoms with E-state index in [9.17, 15) is 4.79 Å². The third kappa shape index (κ3) is 1.19. The second-order valence-corrected chi connectivity index (χ2v) is 3.56. The number of rotatable bonds is 1. The van der Waals surface area contributed by atoms with Crippen LogP contribution in [0.3, 0.4) is 0 Å². The predicted molar refractivity (Wildman–Crippen MR) is 51.3 cm³/mol. The smallest absolute Gasteiger partial charge is 0.356 e. The van der Waals surface area contributed by atoms with Crippen molar-refractivity contribution in [3.05, 3.63) is 29.5 Å². The summed E-state index contributed by atoms with van der Waals surface area (Å²) in [5.41, 5.74) is 1.23. The van der Waals surface area contributed by atoms with Crippen molar-refractivity contribution >= 4 is 27.6 Å². The number of aromatic nitrogens is 1. The highest BCUT2D eigenvalue weighted by Gasteiger charge is 2.12. The van der Waals surface area contributed by atoms with E-state index in [1.54, 1.807) is 6.07 Å². The molecule has 3 nitrogen and oxygen atoms in total. The highest BCUT2D eigenvalue weighted by molar-refractivity contribution is 7.13. The molecule has 0 aliphatic heterocycles. The fraction of sp³-hybridized carbons (Fsp3) is 0.111. The third-order valence-corrected chi connectivity index (χ3v) is 2.90. The van der Waals surface area contributed by atoms with Crippen LogP contribution in [0.15, 0.2) is 18.2 Å². The summed E-state index contributed by atoms with van der Waals surface area (Å²) in [4.78, 5) is 10.7. The van der Waals surface area contributed by atoms with E-state index in [1.165, 1.54) is 11.5 Å². The molecule has 0 saturated carbocycles. The van der Waals surface area contributed by atoms with Crippen LogP contribution in [-0.2, 0) is 0 Å². The zero-order chi connectivity index (χ0) is 9.42. The minimum atomic E-state index is -0.961. The molecule has 66 valence electrons. The van der Waals surface area contributed by atoms with Crippen molar-refractivity contribution in [3.8, 4) is 0 Å². The van der Waals surface area contributed by atoms with Gasteiger partial charge in [-0.15, -0.1) is 0 Å². The van der Waals surface area contributed by atoms with Crippen molar-refractivity contribution in [1.29, 1.82) is 0 Å². The molecule has 1 N–H and O–H groups in total. The minimum absolute atomic E-state index is 0.156. The maximum atomic E-state index is 10.7. The maximum Gasteiger partial charge on any atom is 0.356 e. The maximum absolute atomic E-state index is 10.7. The fourth-order valence-corrected chi connectivity index (χ4v) is 2.09. The van der Waals surface area contributed by atoms with Crippen molar-refractivity contribution in [3.63, 3.8) is 0 Å². The molecular formula is C9H7NO2S. The highest BCUT2D eigenvalue weighted by atomic mass is 32.1. The van der Waals surface area contributed by atoms with E-state index in [0.29, 0.717) is 0 Å². The van der Waals surface area contributed by atoms with Crippen LogP contribution in [0.4, 0.5) is 0 Å². The molecule has 0 amide bonds. The van der Waals surface area contributed by atoms with Gasteiger partial charge in [0.05, 0.1) is 4.70 Å². The lowest BCUT2D eigenvalue weighted by molar-refractivity contribution is 0.0694. The molecule has 13 heavy (non-hydrogen) atoms. The number of hydrogen-bond donors (Lipinski definition) is 1. The second-order valence-electron chi connectivity index (χ2n) is 2.79. The molecule has 0 atom stereocenters. The largest absolute Gasteiger partial charge is 0.476 e. The molecule has 0 saturated heterocycles. The molecule has 0 bridgehead atoms. The number of carbonyl (C=O) groups is 1. The van der Waals surface area contributed by atoms with Crippen LogP contribution in [0, 0.1) is 6.92 Å². The molecule has 0 fully saturated rings. The standard InChI is InChI=1S/C9H7NO2S/c1-5-3-2-4-6-7(9(11)12)10-13-8(5)6/h2-4H,1H3,(H,11,12). The molecule has 0 aliphatic rings. The quantitative estimate of drug-likeness (QED) is 0.756. The number of nitrogens with zero attached hydrogens (tertiary/aromatic N) is 1. The monoisotopic (exact) mass is 193 g/mol. The summed E-state index contributed by atoms with van der Waals surface area (Å²) in [6.45, 7) is 1.95. The molecule has 4 heteroatoms. The van der Waals surface area contributed by atoms with Crippen LogP contribution in [0.25, 0.3) is 10.1 Å². The number of benzene rings is 1. The number of carboxylic acid groups (broad SMARTS) is 1. The van der Waals surface area contributed by atoms with E-state index < -0.39 is 5.97 Å². The zero-order valence-electron chi connectivity index (χ0n) is 6.94. The summed E-state index contributed by atoms with van der Waals surface area (Å²) in [6.07, 6.45) is 0. The van der Waals surface area contributed by atoms with Crippen LogP contribution in [0.5, 0.6) is 0 Å². The zero-order valence-corrected chi connectivity index (χ0v) is 7.76. The van der Waals surface area contributed by atoms with Crippen molar-refractivity contribution < 1.29 is 9.90 Å².